The third kappa shape index (κ3) is 11.8. The average molecular weight is 338 g/mol. The first-order chi connectivity index (χ1) is 9.72. The average Bonchev–Trinajstić information content (AvgIpc) is 2.23. The Bertz CT molecular complexity index is 454. The first kappa shape index (κ1) is 21.1. The van der Waals surface area contributed by atoms with Gasteiger partial charge >= 0.3 is 6.09 Å². The van der Waals surface area contributed by atoms with Crippen molar-refractivity contribution in [1.82, 2.24) is 4.90 Å². The Balaban J connectivity index is 4.09. The summed E-state index contributed by atoms with van der Waals surface area (Å²) >= 11 is 0. The molecule has 22 heavy (non-hydrogen) atoms. The fraction of sp³-hybridized carbons (Fsp3) is 0.929. The zero-order valence-electron chi connectivity index (χ0n) is 14.6. The molecule has 7 nitrogen and oxygen atoms in total. The largest absolute Gasteiger partial charge is 0.748 e. The zero-order valence-corrected chi connectivity index (χ0v) is 15.4. The maximum atomic E-state index is 11.8. The van der Waals surface area contributed by atoms with Crippen molar-refractivity contribution in [2.24, 2.45) is 0 Å². The molecule has 1 amide bonds. The van der Waals surface area contributed by atoms with Crippen molar-refractivity contribution in [1.29, 1.82) is 0 Å². The molecule has 132 valence electrons. The molecule has 0 aromatic heterocycles. The standard InChI is InChI=1S/C14H30N2O5S/c1-14(2,3)21-13(17)15(4)9-7-10-16(5,6)11-8-12-22(18,19)20/h7-12H2,1-6H3. The molecule has 0 aliphatic heterocycles. The van der Waals surface area contributed by atoms with Gasteiger partial charge in [-0.25, -0.2) is 13.2 Å². The molecule has 0 rings (SSSR count). The number of carbonyl (C=O) groups excluding carboxylic acids is 1. The predicted molar refractivity (Wildman–Crippen MR) is 84.5 cm³/mol. The smallest absolute Gasteiger partial charge is 0.410 e. The molecule has 0 N–H and O–H groups in total. The normalized spacial score (nSPS) is 13.0. The lowest BCUT2D eigenvalue weighted by atomic mass is 10.2. The van der Waals surface area contributed by atoms with Gasteiger partial charge in [-0.3, -0.25) is 0 Å². The Labute approximate surface area is 134 Å². The fourth-order valence-corrected chi connectivity index (χ4v) is 2.43. The molecule has 0 aliphatic rings. The molecule has 0 fully saturated rings. The van der Waals surface area contributed by atoms with E-state index in [4.69, 9.17) is 4.74 Å². The molecule has 0 aliphatic carbocycles. The summed E-state index contributed by atoms with van der Waals surface area (Å²) in [4.78, 5) is 13.3. The first-order valence-electron chi connectivity index (χ1n) is 7.41. The molecule has 0 heterocycles. The molecule has 0 aromatic rings. The van der Waals surface area contributed by atoms with E-state index in [2.05, 4.69) is 0 Å². The van der Waals surface area contributed by atoms with E-state index < -0.39 is 15.7 Å². The van der Waals surface area contributed by atoms with Gasteiger partial charge in [-0.05, 0) is 20.8 Å². The van der Waals surface area contributed by atoms with Gasteiger partial charge in [-0.1, -0.05) is 0 Å². The quantitative estimate of drug-likeness (QED) is 0.491. The van der Waals surface area contributed by atoms with Crippen molar-refractivity contribution >= 4 is 16.2 Å². The predicted octanol–water partition coefficient (Wildman–Crippen LogP) is 1.26. The second-order valence-electron chi connectivity index (χ2n) is 7.25. The second kappa shape index (κ2) is 8.12. The lowest BCUT2D eigenvalue weighted by molar-refractivity contribution is -0.890. The zero-order chi connectivity index (χ0) is 17.6. The molecular formula is C14H30N2O5S. The van der Waals surface area contributed by atoms with E-state index in [9.17, 15) is 17.8 Å². The summed E-state index contributed by atoms with van der Waals surface area (Å²) in [5.41, 5.74) is -0.509. The summed E-state index contributed by atoms with van der Waals surface area (Å²) in [5.74, 6) is -0.327. The Morgan fingerprint density at radius 3 is 2.14 bits per heavy atom. The SMILES string of the molecule is CN(CCC[N+](C)(C)CCCS(=O)(=O)[O-])C(=O)OC(C)(C)C. The van der Waals surface area contributed by atoms with Crippen molar-refractivity contribution in [2.45, 2.75) is 39.2 Å². The van der Waals surface area contributed by atoms with Gasteiger partial charge in [-0.2, -0.15) is 0 Å². The Morgan fingerprint density at radius 1 is 1.18 bits per heavy atom. The minimum atomic E-state index is -4.14. The number of hydrogen-bond acceptors (Lipinski definition) is 5. The molecule has 8 heteroatoms. The van der Waals surface area contributed by atoms with Crippen molar-refractivity contribution in [3.05, 3.63) is 0 Å². The third-order valence-corrected chi connectivity index (χ3v) is 3.91. The maximum Gasteiger partial charge on any atom is 0.410 e. The lowest BCUT2D eigenvalue weighted by Crippen LogP contribution is -2.43. The number of hydrogen-bond donors (Lipinski definition) is 0. The topological polar surface area (TPSA) is 86.7 Å². The molecule has 0 radical (unpaired) electrons. The van der Waals surface area contributed by atoms with Crippen molar-refractivity contribution in [3.63, 3.8) is 0 Å². The number of amides is 1. The number of quaternary nitrogens is 1. The highest BCUT2D eigenvalue weighted by atomic mass is 32.2. The Kier molecular flexibility index (Phi) is 7.80. The van der Waals surface area contributed by atoms with Crippen LogP contribution in [0.15, 0.2) is 0 Å². The molecule has 0 saturated carbocycles. The van der Waals surface area contributed by atoms with Crippen LogP contribution in [-0.2, 0) is 14.9 Å². The number of carbonyl (C=O) groups is 1. The fourth-order valence-electron chi connectivity index (χ4n) is 1.95. The maximum absolute atomic E-state index is 11.8. The van der Waals surface area contributed by atoms with Gasteiger partial charge in [0.25, 0.3) is 0 Å². The highest BCUT2D eigenvalue weighted by Gasteiger charge is 2.20. The van der Waals surface area contributed by atoms with Crippen molar-refractivity contribution < 1.29 is 27.0 Å². The van der Waals surface area contributed by atoms with Gasteiger partial charge < -0.3 is 18.7 Å². The van der Waals surface area contributed by atoms with Crippen LogP contribution in [0.4, 0.5) is 4.79 Å². The van der Waals surface area contributed by atoms with Gasteiger partial charge in [0.2, 0.25) is 0 Å². The summed E-state index contributed by atoms with van der Waals surface area (Å²) in [7, 11) is 1.51. The molecular weight excluding hydrogens is 308 g/mol. The summed E-state index contributed by atoms with van der Waals surface area (Å²) in [6.07, 6.45) is 0.767. The molecule has 0 atom stereocenters. The summed E-state index contributed by atoms with van der Waals surface area (Å²) in [6, 6.07) is 0. The Morgan fingerprint density at radius 2 is 1.68 bits per heavy atom. The van der Waals surface area contributed by atoms with E-state index in [-0.39, 0.29) is 11.8 Å². The van der Waals surface area contributed by atoms with Gasteiger partial charge in [0.1, 0.15) is 5.60 Å². The van der Waals surface area contributed by atoms with Gasteiger partial charge in [0, 0.05) is 32.2 Å². The van der Waals surface area contributed by atoms with Crippen molar-refractivity contribution in [2.75, 3.05) is 46.5 Å². The summed E-state index contributed by atoms with van der Waals surface area (Å²) < 4.78 is 37.6. The summed E-state index contributed by atoms with van der Waals surface area (Å²) in [5, 5.41) is 0. The first-order valence-corrected chi connectivity index (χ1v) is 8.99. The van der Waals surface area contributed by atoms with E-state index in [1.54, 1.807) is 7.05 Å². The molecule has 0 unspecified atom stereocenters. The highest BCUT2D eigenvalue weighted by molar-refractivity contribution is 7.85. The Hall–Kier alpha value is -0.860. The van der Waals surface area contributed by atoms with E-state index in [1.165, 1.54) is 4.90 Å². The number of rotatable bonds is 8. The molecule has 0 bridgehead atoms. The van der Waals surface area contributed by atoms with Crippen LogP contribution >= 0.6 is 0 Å². The van der Waals surface area contributed by atoms with E-state index in [0.29, 0.717) is 24.0 Å². The van der Waals surface area contributed by atoms with Gasteiger partial charge in [-0.15, -0.1) is 0 Å². The minimum absolute atomic E-state index is 0.327. The summed E-state index contributed by atoms with van der Waals surface area (Å²) in [6.45, 7) is 7.43. The van der Waals surface area contributed by atoms with E-state index >= 15 is 0 Å². The van der Waals surface area contributed by atoms with Gasteiger partial charge in [0.05, 0.1) is 37.3 Å². The van der Waals surface area contributed by atoms with E-state index in [0.717, 1.165) is 13.0 Å². The van der Waals surface area contributed by atoms with Crippen LogP contribution in [0, 0.1) is 0 Å². The monoisotopic (exact) mass is 338 g/mol. The van der Waals surface area contributed by atoms with Crippen LogP contribution in [0.2, 0.25) is 0 Å². The highest BCUT2D eigenvalue weighted by Crippen LogP contribution is 2.10. The third-order valence-electron chi connectivity index (χ3n) is 3.12. The molecule has 0 aromatic carbocycles. The molecule has 0 saturated heterocycles. The van der Waals surface area contributed by atoms with Crippen LogP contribution < -0.4 is 0 Å². The van der Waals surface area contributed by atoms with Crippen LogP contribution in [0.3, 0.4) is 0 Å². The van der Waals surface area contributed by atoms with Crippen LogP contribution in [0.1, 0.15) is 33.6 Å². The van der Waals surface area contributed by atoms with Gasteiger partial charge in [0.15, 0.2) is 0 Å². The molecule has 0 spiro atoms. The van der Waals surface area contributed by atoms with Crippen molar-refractivity contribution in [3.8, 4) is 0 Å². The van der Waals surface area contributed by atoms with Crippen LogP contribution in [0.5, 0.6) is 0 Å². The lowest BCUT2D eigenvalue weighted by Gasteiger charge is -2.31. The van der Waals surface area contributed by atoms with Crippen LogP contribution in [0.25, 0.3) is 0 Å². The van der Waals surface area contributed by atoms with E-state index in [1.807, 2.05) is 34.9 Å². The minimum Gasteiger partial charge on any atom is -0.748 e. The second-order valence-corrected chi connectivity index (χ2v) is 8.78. The number of nitrogens with zero attached hydrogens (tertiary/aromatic N) is 2. The number of ether oxygens (including phenoxy) is 1. The van der Waals surface area contributed by atoms with Crippen LogP contribution in [-0.4, -0.2) is 80.6 Å².